The molecule has 0 saturated heterocycles. The van der Waals surface area contributed by atoms with Gasteiger partial charge in [0.15, 0.2) is 5.82 Å². The molecule has 3 nitrogen and oxygen atoms in total. The molecular formula is C19H15ClF3N3. The van der Waals surface area contributed by atoms with Gasteiger partial charge >= 0.3 is 6.18 Å². The molecule has 26 heavy (non-hydrogen) atoms. The van der Waals surface area contributed by atoms with Crippen LogP contribution in [0, 0.1) is 13.8 Å². The van der Waals surface area contributed by atoms with Crippen LogP contribution in [0.1, 0.15) is 16.7 Å². The number of benzene rings is 2. The quantitative estimate of drug-likeness (QED) is 0.554. The minimum absolute atomic E-state index is 0.121. The fraction of sp³-hybridized carbons (Fsp3) is 0.158. The zero-order valence-corrected chi connectivity index (χ0v) is 14.8. The van der Waals surface area contributed by atoms with Gasteiger partial charge < -0.3 is 5.32 Å². The summed E-state index contributed by atoms with van der Waals surface area (Å²) >= 11 is 6.05. The van der Waals surface area contributed by atoms with E-state index in [0.29, 0.717) is 5.82 Å². The van der Waals surface area contributed by atoms with Gasteiger partial charge in [0.05, 0.1) is 5.56 Å². The van der Waals surface area contributed by atoms with E-state index < -0.39 is 11.7 Å². The molecule has 0 unspecified atom stereocenters. The standard InChI is InChI=1S/C19H15ClF3N3/c1-11-6-12(2)8-15(7-11)24-17-10-16(20)25-18(26-17)13-4-3-5-14(9-13)19(21,22)23/h3-10H,1-2H3,(H,24,25,26). The van der Waals surface area contributed by atoms with Gasteiger partial charge in [-0.15, -0.1) is 0 Å². The molecular weight excluding hydrogens is 363 g/mol. The lowest BCUT2D eigenvalue weighted by Crippen LogP contribution is -2.05. The van der Waals surface area contributed by atoms with Crippen molar-refractivity contribution in [2.75, 3.05) is 5.32 Å². The van der Waals surface area contributed by atoms with Crippen LogP contribution in [0.4, 0.5) is 24.7 Å². The predicted octanol–water partition coefficient (Wildman–Crippen LogP) is 6.18. The first kappa shape index (κ1) is 18.2. The van der Waals surface area contributed by atoms with E-state index in [9.17, 15) is 13.2 Å². The minimum Gasteiger partial charge on any atom is -0.340 e. The molecule has 0 fully saturated rings. The molecule has 1 heterocycles. The van der Waals surface area contributed by atoms with E-state index in [1.807, 2.05) is 32.0 Å². The lowest BCUT2D eigenvalue weighted by atomic mass is 10.1. The largest absolute Gasteiger partial charge is 0.416 e. The Hall–Kier alpha value is -2.60. The summed E-state index contributed by atoms with van der Waals surface area (Å²) in [5, 5.41) is 3.26. The number of nitrogens with zero attached hydrogens (tertiary/aromatic N) is 2. The summed E-state index contributed by atoms with van der Waals surface area (Å²) in [6.07, 6.45) is -4.44. The summed E-state index contributed by atoms with van der Waals surface area (Å²) in [4.78, 5) is 8.36. The van der Waals surface area contributed by atoms with Crippen molar-refractivity contribution in [1.29, 1.82) is 0 Å². The second-order valence-corrected chi connectivity index (χ2v) is 6.37. The Bertz CT molecular complexity index is 935. The molecule has 0 aliphatic rings. The van der Waals surface area contributed by atoms with Crippen LogP contribution in [-0.2, 0) is 6.18 Å². The van der Waals surface area contributed by atoms with Crippen LogP contribution in [0.3, 0.4) is 0 Å². The molecule has 0 atom stereocenters. The van der Waals surface area contributed by atoms with E-state index in [4.69, 9.17) is 11.6 Å². The molecule has 0 bridgehead atoms. The summed E-state index contributed by atoms with van der Waals surface area (Å²) in [6, 6.07) is 12.3. The first-order chi connectivity index (χ1) is 12.2. The average Bonchev–Trinajstić information content (AvgIpc) is 2.52. The third-order valence-corrected chi connectivity index (χ3v) is 3.83. The number of halogens is 4. The van der Waals surface area contributed by atoms with E-state index in [1.165, 1.54) is 18.2 Å². The van der Waals surface area contributed by atoms with Crippen LogP contribution < -0.4 is 5.32 Å². The maximum atomic E-state index is 12.9. The number of alkyl halides is 3. The number of nitrogens with one attached hydrogen (secondary N) is 1. The van der Waals surface area contributed by atoms with Crippen molar-refractivity contribution in [2.45, 2.75) is 20.0 Å². The molecule has 0 radical (unpaired) electrons. The normalized spacial score (nSPS) is 11.5. The fourth-order valence-corrected chi connectivity index (χ4v) is 2.82. The molecule has 7 heteroatoms. The summed E-state index contributed by atoms with van der Waals surface area (Å²) in [5.41, 5.74) is 2.44. The van der Waals surface area contributed by atoms with Crippen LogP contribution in [-0.4, -0.2) is 9.97 Å². The zero-order valence-electron chi connectivity index (χ0n) is 14.0. The van der Waals surface area contributed by atoms with Crippen molar-refractivity contribution in [3.05, 3.63) is 70.4 Å². The molecule has 0 saturated carbocycles. The maximum Gasteiger partial charge on any atom is 0.416 e. The lowest BCUT2D eigenvalue weighted by Gasteiger charge is -2.11. The average molecular weight is 378 g/mol. The number of aryl methyl sites for hydroxylation is 2. The summed E-state index contributed by atoms with van der Waals surface area (Å²) in [6.45, 7) is 3.94. The van der Waals surface area contributed by atoms with Gasteiger partial charge in [-0.1, -0.05) is 29.8 Å². The Morgan fingerprint density at radius 3 is 2.27 bits per heavy atom. The molecule has 0 aliphatic heterocycles. The van der Waals surface area contributed by atoms with Gasteiger partial charge in [0, 0.05) is 17.3 Å². The smallest absolute Gasteiger partial charge is 0.340 e. The third-order valence-electron chi connectivity index (χ3n) is 3.64. The zero-order chi connectivity index (χ0) is 18.9. The Morgan fingerprint density at radius 2 is 1.62 bits per heavy atom. The van der Waals surface area contributed by atoms with Crippen LogP contribution in [0.2, 0.25) is 5.15 Å². The molecule has 3 aromatic rings. The first-order valence-electron chi connectivity index (χ1n) is 7.78. The van der Waals surface area contributed by atoms with E-state index in [-0.39, 0.29) is 16.5 Å². The minimum atomic E-state index is -4.44. The predicted molar refractivity (Wildman–Crippen MR) is 96.7 cm³/mol. The van der Waals surface area contributed by atoms with Crippen molar-refractivity contribution >= 4 is 23.1 Å². The highest BCUT2D eigenvalue weighted by atomic mass is 35.5. The highest BCUT2D eigenvalue weighted by molar-refractivity contribution is 6.29. The second-order valence-electron chi connectivity index (χ2n) is 5.98. The van der Waals surface area contributed by atoms with Crippen molar-refractivity contribution < 1.29 is 13.2 Å². The van der Waals surface area contributed by atoms with Gasteiger partial charge in [0.2, 0.25) is 0 Å². The van der Waals surface area contributed by atoms with Gasteiger partial charge in [-0.05, 0) is 49.2 Å². The SMILES string of the molecule is Cc1cc(C)cc(Nc2cc(Cl)nc(-c3cccc(C(F)(F)F)c3)n2)c1. The van der Waals surface area contributed by atoms with Crippen molar-refractivity contribution in [3.8, 4) is 11.4 Å². The number of hydrogen-bond acceptors (Lipinski definition) is 3. The Morgan fingerprint density at radius 1 is 0.923 bits per heavy atom. The topological polar surface area (TPSA) is 37.8 Å². The first-order valence-corrected chi connectivity index (χ1v) is 8.16. The van der Waals surface area contributed by atoms with Gasteiger partial charge in [-0.2, -0.15) is 13.2 Å². The molecule has 1 aromatic heterocycles. The molecule has 0 spiro atoms. The Balaban J connectivity index is 1.98. The van der Waals surface area contributed by atoms with Crippen LogP contribution in [0.5, 0.6) is 0 Å². The summed E-state index contributed by atoms with van der Waals surface area (Å²) < 4.78 is 38.8. The van der Waals surface area contributed by atoms with Crippen LogP contribution in [0.25, 0.3) is 11.4 Å². The van der Waals surface area contributed by atoms with E-state index in [2.05, 4.69) is 15.3 Å². The van der Waals surface area contributed by atoms with Gasteiger partial charge in [-0.3, -0.25) is 0 Å². The Kier molecular flexibility index (Phi) is 4.87. The highest BCUT2D eigenvalue weighted by Crippen LogP contribution is 2.32. The second kappa shape index (κ2) is 6.96. The monoisotopic (exact) mass is 377 g/mol. The number of aromatic nitrogens is 2. The maximum absolute atomic E-state index is 12.9. The van der Waals surface area contributed by atoms with Crippen LogP contribution in [0.15, 0.2) is 48.5 Å². The Labute approximate surface area is 153 Å². The summed E-state index contributed by atoms with van der Waals surface area (Å²) in [7, 11) is 0. The van der Waals surface area contributed by atoms with Crippen LogP contribution >= 0.6 is 11.6 Å². The number of anilines is 2. The number of hydrogen-bond donors (Lipinski definition) is 1. The van der Waals surface area contributed by atoms with Crippen molar-refractivity contribution in [3.63, 3.8) is 0 Å². The molecule has 3 rings (SSSR count). The number of rotatable bonds is 3. The lowest BCUT2D eigenvalue weighted by molar-refractivity contribution is -0.137. The van der Waals surface area contributed by atoms with E-state index >= 15 is 0 Å². The molecule has 1 N–H and O–H groups in total. The molecule has 0 aliphatic carbocycles. The van der Waals surface area contributed by atoms with Crippen molar-refractivity contribution in [1.82, 2.24) is 9.97 Å². The van der Waals surface area contributed by atoms with Crippen molar-refractivity contribution in [2.24, 2.45) is 0 Å². The molecule has 2 aromatic carbocycles. The van der Waals surface area contributed by atoms with Gasteiger partial charge in [0.25, 0.3) is 0 Å². The highest BCUT2D eigenvalue weighted by Gasteiger charge is 2.30. The molecule has 134 valence electrons. The summed E-state index contributed by atoms with van der Waals surface area (Å²) in [5.74, 6) is 0.526. The fourth-order valence-electron chi connectivity index (χ4n) is 2.64. The van der Waals surface area contributed by atoms with Gasteiger partial charge in [0.1, 0.15) is 11.0 Å². The third kappa shape index (κ3) is 4.32. The van der Waals surface area contributed by atoms with E-state index in [0.717, 1.165) is 28.9 Å². The van der Waals surface area contributed by atoms with E-state index in [1.54, 1.807) is 0 Å². The van der Waals surface area contributed by atoms with Gasteiger partial charge in [-0.25, -0.2) is 9.97 Å². The molecule has 0 amide bonds.